The molecular formula is C32H53NO28S. The predicted octanol–water partition coefficient (Wildman–Crippen LogP) is -11.1. The van der Waals surface area contributed by atoms with Gasteiger partial charge in [0.15, 0.2) is 31.4 Å². The number of carbonyl (C=O) groups excluding carboxylic acids is 2. The van der Waals surface area contributed by atoms with Gasteiger partial charge in [0, 0.05) is 6.92 Å². The average Bonchev–Trinajstić information content (AvgIpc) is 3.22. The first-order chi connectivity index (χ1) is 29.2. The van der Waals surface area contributed by atoms with Gasteiger partial charge in [0.1, 0.15) is 122 Å². The van der Waals surface area contributed by atoms with E-state index in [0.29, 0.717) is 0 Å². The average molecular weight is 932 g/mol. The first-order valence-electron chi connectivity index (χ1n) is 19.0. The number of aldehydes is 1. The van der Waals surface area contributed by atoms with Gasteiger partial charge in [-0.05, 0) is 0 Å². The Morgan fingerprint density at radius 3 is 1.48 bits per heavy atom. The maximum atomic E-state index is 12.4. The topological polar surface area (TPSA) is 456 Å². The van der Waals surface area contributed by atoms with E-state index in [1.165, 1.54) is 0 Å². The molecule has 15 unspecified atom stereocenters. The van der Waals surface area contributed by atoms with Crippen molar-refractivity contribution in [3.63, 3.8) is 0 Å². The van der Waals surface area contributed by atoms with Crippen molar-refractivity contribution in [2.75, 3.05) is 33.0 Å². The molecule has 62 heavy (non-hydrogen) atoms. The molecule has 5 saturated heterocycles. The molecule has 0 aromatic heterocycles. The molecule has 5 aliphatic heterocycles. The highest BCUT2D eigenvalue weighted by atomic mass is 32.3. The van der Waals surface area contributed by atoms with Crippen molar-refractivity contribution in [3.8, 4) is 0 Å². The summed E-state index contributed by atoms with van der Waals surface area (Å²) < 4.78 is 86.3. The summed E-state index contributed by atoms with van der Waals surface area (Å²) in [6.07, 6.45) is -44.2. The van der Waals surface area contributed by atoms with E-state index in [2.05, 4.69) is 9.50 Å². The first kappa shape index (κ1) is 51.1. The van der Waals surface area contributed by atoms with E-state index < -0.39 is 190 Å². The Hall–Kier alpha value is -1.87. The minimum Gasteiger partial charge on any atom is -0.394 e. The van der Waals surface area contributed by atoms with Crippen LogP contribution in [-0.2, 0) is 66.8 Å². The molecule has 0 radical (unpaired) electrons. The van der Waals surface area contributed by atoms with Crippen LogP contribution >= 0.6 is 0 Å². The van der Waals surface area contributed by atoms with Crippen molar-refractivity contribution < 1.29 is 136 Å². The normalized spacial score (nSPS) is 48.0. The van der Waals surface area contributed by atoms with E-state index in [1.807, 2.05) is 0 Å². The fourth-order valence-electron chi connectivity index (χ4n) is 7.53. The quantitative estimate of drug-likeness (QED) is 0.0505. The van der Waals surface area contributed by atoms with Crippen LogP contribution in [0.15, 0.2) is 0 Å². The SMILES string of the molecule is CC(=O)NC1C(O)[C@H](O[C@@H]2OC(CO)[C@H](O)C(O[C@@H]3OC(C=O)[C@@H](O)C(OS(=O)(=O)O)C3O)C2O)C(CO)O[C@H]1OC1C(O)[C@H](O[C@@H]2C(CO)OCC(O)C2O)OC(CO)[C@@H]1O. The van der Waals surface area contributed by atoms with Crippen LogP contribution in [0.2, 0.25) is 0 Å². The number of aliphatic hydroxyl groups excluding tert-OH is 13. The van der Waals surface area contributed by atoms with E-state index in [9.17, 15) is 84.4 Å². The first-order valence-corrected chi connectivity index (χ1v) is 20.4. The van der Waals surface area contributed by atoms with Crippen molar-refractivity contribution in [2.24, 2.45) is 0 Å². The minimum atomic E-state index is -5.38. The number of amides is 1. The lowest BCUT2D eigenvalue weighted by Crippen LogP contribution is -2.70. The molecule has 0 bridgehead atoms. The summed E-state index contributed by atoms with van der Waals surface area (Å²) in [5.74, 6) is -0.846. The van der Waals surface area contributed by atoms with Gasteiger partial charge in [0.05, 0.1) is 33.0 Å². The number of nitrogens with one attached hydrogen (secondary N) is 1. The largest absolute Gasteiger partial charge is 0.397 e. The monoisotopic (exact) mass is 931 g/mol. The molecule has 29 nitrogen and oxygen atoms in total. The number of rotatable bonds is 16. The van der Waals surface area contributed by atoms with Crippen molar-refractivity contribution >= 4 is 22.6 Å². The standard InChI is InChI=1S/C32H53NO28S/c1-8(39)33-15-20(45)25(58-31-22(47)27(18(43)11(3-35)54-31)60-32-23(48)28(61-62(49,50)51)19(44)12(4-36)55-32)14(6-38)56-29(15)59-26-17(42)10(2-34)53-30(21(26)46)57-24-13(5-37)52-7-9(40)16(24)41/h4,9-32,34-35,37-38,40-48H,2-3,5-7H2,1H3,(H,33,39)(H,49,50,51)/t9?,10?,11?,12?,13?,14?,15?,16?,17-,18-,19+,20?,21?,22?,23?,24+,25+,26?,27?,28?,29-,30-,31-,32-/m0/s1. The summed E-state index contributed by atoms with van der Waals surface area (Å²) in [5.41, 5.74) is 0. The molecule has 5 aliphatic rings. The van der Waals surface area contributed by atoms with Gasteiger partial charge in [0.25, 0.3) is 0 Å². The summed E-state index contributed by atoms with van der Waals surface area (Å²) in [6, 6.07) is -1.76. The van der Waals surface area contributed by atoms with Gasteiger partial charge in [-0.3, -0.25) is 9.35 Å². The number of aliphatic hydroxyl groups is 13. The summed E-state index contributed by atoms with van der Waals surface area (Å²) in [5, 5.41) is 141. The van der Waals surface area contributed by atoms with Crippen LogP contribution in [-0.4, -0.2) is 272 Å². The minimum absolute atomic E-state index is 0.0491. The van der Waals surface area contributed by atoms with Crippen LogP contribution in [0.4, 0.5) is 0 Å². The Labute approximate surface area is 350 Å². The fourth-order valence-corrected chi connectivity index (χ4v) is 8.04. The van der Waals surface area contributed by atoms with E-state index in [4.69, 9.17) is 47.2 Å². The zero-order valence-corrected chi connectivity index (χ0v) is 33.2. The zero-order chi connectivity index (χ0) is 46.0. The smallest absolute Gasteiger partial charge is 0.394 e. The van der Waals surface area contributed by atoms with E-state index in [-0.39, 0.29) is 12.9 Å². The molecule has 15 N–H and O–H groups in total. The lowest BCUT2D eigenvalue weighted by Gasteiger charge is -2.50. The van der Waals surface area contributed by atoms with Gasteiger partial charge in [-0.25, -0.2) is 4.18 Å². The van der Waals surface area contributed by atoms with Crippen molar-refractivity contribution in [1.29, 1.82) is 0 Å². The van der Waals surface area contributed by atoms with Crippen LogP contribution in [0.25, 0.3) is 0 Å². The predicted molar refractivity (Wildman–Crippen MR) is 186 cm³/mol. The highest BCUT2D eigenvalue weighted by molar-refractivity contribution is 7.80. The molecule has 5 fully saturated rings. The van der Waals surface area contributed by atoms with Gasteiger partial charge in [0.2, 0.25) is 5.91 Å². The summed E-state index contributed by atoms with van der Waals surface area (Å²) >= 11 is 0. The second-order valence-electron chi connectivity index (χ2n) is 14.9. The number of hydrogen-bond acceptors (Lipinski definition) is 27. The molecular weight excluding hydrogens is 878 g/mol. The zero-order valence-electron chi connectivity index (χ0n) is 32.4. The molecule has 5 rings (SSSR count). The molecule has 0 aromatic carbocycles. The van der Waals surface area contributed by atoms with Crippen molar-refractivity contribution in [1.82, 2.24) is 5.32 Å². The molecule has 24 atom stereocenters. The van der Waals surface area contributed by atoms with Gasteiger partial charge in [-0.2, -0.15) is 8.42 Å². The Morgan fingerprint density at radius 2 is 1.02 bits per heavy atom. The lowest BCUT2D eigenvalue weighted by atomic mass is 9.94. The van der Waals surface area contributed by atoms with E-state index in [1.54, 1.807) is 0 Å². The number of ether oxygens (including phenoxy) is 9. The molecule has 1 amide bonds. The van der Waals surface area contributed by atoms with E-state index >= 15 is 0 Å². The lowest BCUT2D eigenvalue weighted by molar-refractivity contribution is -0.382. The summed E-state index contributed by atoms with van der Waals surface area (Å²) in [7, 11) is -5.38. The maximum Gasteiger partial charge on any atom is 0.397 e. The third kappa shape index (κ3) is 11.2. The molecule has 0 aliphatic carbocycles. The maximum absolute atomic E-state index is 12.4. The Kier molecular flexibility index (Phi) is 17.8. The Morgan fingerprint density at radius 1 is 0.581 bits per heavy atom. The third-order valence-electron chi connectivity index (χ3n) is 10.7. The Balaban J connectivity index is 1.36. The van der Waals surface area contributed by atoms with Gasteiger partial charge >= 0.3 is 10.4 Å². The molecule has 0 aromatic rings. The van der Waals surface area contributed by atoms with Crippen LogP contribution in [0.3, 0.4) is 0 Å². The van der Waals surface area contributed by atoms with Gasteiger partial charge in [-0.1, -0.05) is 0 Å². The number of hydrogen-bond donors (Lipinski definition) is 15. The number of carbonyl (C=O) groups is 2. The highest BCUT2D eigenvalue weighted by Crippen LogP contribution is 2.36. The second-order valence-corrected chi connectivity index (χ2v) is 16.0. The molecule has 30 heteroatoms. The Bertz CT molecular complexity index is 1570. The second kappa shape index (κ2) is 21.6. The summed E-state index contributed by atoms with van der Waals surface area (Å²) in [6.45, 7) is -3.13. The molecule has 0 saturated carbocycles. The van der Waals surface area contributed by atoms with E-state index in [0.717, 1.165) is 6.92 Å². The van der Waals surface area contributed by atoms with Crippen LogP contribution in [0.1, 0.15) is 6.92 Å². The van der Waals surface area contributed by atoms with Crippen molar-refractivity contribution in [2.45, 2.75) is 154 Å². The van der Waals surface area contributed by atoms with Gasteiger partial charge in [-0.15, -0.1) is 0 Å². The summed E-state index contributed by atoms with van der Waals surface area (Å²) in [4.78, 5) is 24.0. The van der Waals surface area contributed by atoms with Crippen LogP contribution in [0.5, 0.6) is 0 Å². The molecule has 0 spiro atoms. The van der Waals surface area contributed by atoms with Gasteiger partial charge < -0.3 is 119 Å². The highest BCUT2D eigenvalue weighted by Gasteiger charge is 2.57. The fraction of sp³-hybridized carbons (Fsp3) is 0.938. The molecule has 360 valence electrons. The van der Waals surface area contributed by atoms with Crippen molar-refractivity contribution in [3.05, 3.63) is 0 Å². The third-order valence-corrected chi connectivity index (χ3v) is 11.2. The van der Waals surface area contributed by atoms with Crippen LogP contribution < -0.4 is 5.32 Å². The molecule has 5 heterocycles. The van der Waals surface area contributed by atoms with Crippen LogP contribution in [0, 0.1) is 0 Å².